The third-order valence-corrected chi connectivity index (χ3v) is 5.22. The molecule has 12 heavy (non-hydrogen) atoms. The molecule has 0 radical (unpaired) electrons. The molecule has 4 unspecified atom stereocenters. The molecule has 2 rings (SSSR count). The Kier molecular flexibility index (Phi) is 2.51. The van der Waals surface area contributed by atoms with Crippen LogP contribution in [0.5, 0.6) is 0 Å². The Labute approximate surface area is 76.4 Å². The molecule has 2 N–H and O–H groups in total. The number of nitrogens with two attached hydrogens (primary N) is 1. The molecule has 2 aliphatic carbocycles. The van der Waals surface area contributed by atoms with Crippen molar-refractivity contribution in [3.63, 3.8) is 0 Å². The summed E-state index contributed by atoms with van der Waals surface area (Å²) in [5, 5.41) is 0.507. The Morgan fingerprint density at radius 3 is 2.67 bits per heavy atom. The van der Waals surface area contributed by atoms with E-state index in [0.717, 1.165) is 11.8 Å². The summed E-state index contributed by atoms with van der Waals surface area (Å²) in [6.45, 7) is 0.584. The van der Waals surface area contributed by atoms with Crippen LogP contribution in [0, 0.1) is 11.8 Å². The van der Waals surface area contributed by atoms with Crippen LogP contribution in [0.3, 0.4) is 0 Å². The van der Waals surface area contributed by atoms with Gasteiger partial charge >= 0.3 is 0 Å². The van der Waals surface area contributed by atoms with Crippen molar-refractivity contribution < 1.29 is 4.21 Å². The van der Waals surface area contributed by atoms with Gasteiger partial charge < -0.3 is 5.73 Å². The van der Waals surface area contributed by atoms with Crippen molar-refractivity contribution in [1.29, 1.82) is 0 Å². The van der Waals surface area contributed by atoms with E-state index in [1.165, 1.54) is 25.7 Å². The van der Waals surface area contributed by atoms with Crippen LogP contribution in [0.2, 0.25) is 0 Å². The first-order valence-electron chi connectivity index (χ1n) is 4.88. The molecule has 0 aliphatic heterocycles. The van der Waals surface area contributed by atoms with Crippen molar-refractivity contribution in [2.24, 2.45) is 17.6 Å². The minimum Gasteiger partial charge on any atom is -0.330 e. The highest BCUT2D eigenvalue weighted by Crippen LogP contribution is 2.46. The van der Waals surface area contributed by atoms with Crippen LogP contribution in [0.25, 0.3) is 0 Å². The van der Waals surface area contributed by atoms with E-state index in [2.05, 4.69) is 0 Å². The van der Waals surface area contributed by atoms with Crippen molar-refractivity contribution in [3.05, 3.63) is 0 Å². The largest absolute Gasteiger partial charge is 0.330 e. The average molecular weight is 187 g/mol. The molecular formula is C9H17NOS. The van der Waals surface area contributed by atoms with Gasteiger partial charge in [0.15, 0.2) is 0 Å². The van der Waals surface area contributed by atoms with Crippen LogP contribution in [0.4, 0.5) is 0 Å². The SMILES string of the molecule is NCCS(=O)C1CC2CCC1C2. The van der Waals surface area contributed by atoms with Gasteiger partial charge in [-0.25, -0.2) is 0 Å². The topological polar surface area (TPSA) is 43.1 Å². The maximum Gasteiger partial charge on any atom is 0.0379 e. The fraction of sp³-hybridized carbons (Fsp3) is 1.00. The molecule has 0 heterocycles. The van der Waals surface area contributed by atoms with E-state index in [-0.39, 0.29) is 0 Å². The molecule has 4 atom stereocenters. The van der Waals surface area contributed by atoms with Gasteiger partial charge in [0.05, 0.1) is 0 Å². The lowest BCUT2D eigenvalue weighted by molar-refractivity contribution is 0.482. The number of hydrogen-bond donors (Lipinski definition) is 1. The maximum absolute atomic E-state index is 11.7. The molecule has 0 saturated heterocycles. The number of fused-ring (bicyclic) bond motifs is 2. The standard InChI is InChI=1S/C9H17NOS/c10-3-4-12(11)9-6-7-1-2-8(9)5-7/h7-9H,1-6,10H2. The van der Waals surface area contributed by atoms with Gasteiger partial charge in [-0.1, -0.05) is 6.42 Å². The van der Waals surface area contributed by atoms with Crippen LogP contribution in [-0.4, -0.2) is 21.8 Å². The van der Waals surface area contributed by atoms with Crippen molar-refractivity contribution >= 4 is 10.8 Å². The molecule has 0 amide bonds. The summed E-state index contributed by atoms with van der Waals surface area (Å²) in [5.74, 6) is 2.40. The molecule has 2 nitrogen and oxygen atoms in total. The smallest absolute Gasteiger partial charge is 0.0379 e. The van der Waals surface area contributed by atoms with Crippen molar-refractivity contribution in [2.75, 3.05) is 12.3 Å². The molecule has 0 aromatic carbocycles. The van der Waals surface area contributed by atoms with Crippen molar-refractivity contribution in [2.45, 2.75) is 30.9 Å². The maximum atomic E-state index is 11.7. The van der Waals surface area contributed by atoms with E-state index >= 15 is 0 Å². The molecular weight excluding hydrogens is 170 g/mol. The Morgan fingerprint density at radius 1 is 1.33 bits per heavy atom. The van der Waals surface area contributed by atoms with Crippen molar-refractivity contribution in [3.8, 4) is 0 Å². The van der Waals surface area contributed by atoms with Crippen LogP contribution in [0.15, 0.2) is 0 Å². The fourth-order valence-corrected chi connectivity index (χ4v) is 4.47. The Bertz CT molecular complexity index is 195. The first kappa shape index (κ1) is 8.70. The van der Waals surface area contributed by atoms with E-state index < -0.39 is 10.8 Å². The Balaban J connectivity index is 1.93. The van der Waals surface area contributed by atoms with E-state index in [1.54, 1.807) is 0 Å². The zero-order valence-corrected chi connectivity index (χ0v) is 8.19. The molecule has 2 fully saturated rings. The van der Waals surface area contributed by atoms with E-state index in [1.807, 2.05) is 0 Å². The van der Waals surface area contributed by atoms with E-state index in [9.17, 15) is 4.21 Å². The lowest BCUT2D eigenvalue weighted by Gasteiger charge is -2.20. The minimum atomic E-state index is -0.620. The second kappa shape index (κ2) is 3.46. The lowest BCUT2D eigenvalue weighted by Crippen LogP contribution is -2.26. The van der Waals surface area contributed by atoms with E-state index in [4.69, 9.17) is 5.73 Å². The Hall–Kier alpha value is 0.110. The van der Waals surface area contributed by atoms with Crippen LogP contribution >= 0.6 is 0 Å². The van der Waals surface area contributed by atoms with Gasteiger partial charge in [0.25, 0.3) is 0 Å². The average Bonchev–Trinajstić information content (AvgIpc) is 2.64. The molecule has 0 spiro atoms. The summed E-state index contributed by atoms with van der Waals surface area (Å²) >= 11 is 0. The summed E-state index contributed by atoms with van der Waals surface area (Å²) < 4.78 is 11.7. The summed E-state index contributed by atoms with van der Waals surface area (Å²) in [4.78, 5) is 0. The van der Waals surface area contributed by atoms with Gasteiger partial charge in [-0.15, -0.1) is 0 Å². The Morgan fingerprint density at radius 2 is 2.17 bits per heavy atom. The molecule has 2 bridgehead atoms. The number of rotatable bonds is 3. The predicted octanol–water partition coefficient (Wildman–Crippen LogP) is 0.882. The summed E-state index contributed by atoms with van der Waals surface area (Å²) in [7, 11) is -0.620. The van der Waals surface area contributed by atoms with Gasteiger partial charge in [0.2, 0.25) is 0 Å². The highest BCUT2D eigenvalue weighted by molar-refractivity contribution is 7.85. The number of hydrogen-bond acceptors (Lipinski definition) is 2. The van der Waals surface area contributed by atoms with Crippen molar-refractivity contribution in [1.82, 2.24) is 0 Å². The lowest BCUT2D eigenvalue weighted by atomic mass is 10.0. The fourth-order valence-electron chi connectivity index (χ4n) is 2.78. The minimum absolute atomic E-state index is 0.507. The zero-order chi connectivity index (χ0) is 8.55. The molecule has 3 heteroatoms. The molecule has 0 aromatic heterocycles. The second-order valence-electron chi connectivity index (χ2n) is 4.09. The second-order valence-corrected chi connectivity index (χ2v) is 5.86. The first-order valence-corrected chi connectivity index (χ1v) is 6.26. The van der Waals surface area contributed by atoms with Gasteiger partial charge in [-0.05, 0) is 31.1 Å². The van der Waals surface area contributed by atoms with Crippen LogP contribution in [0.1, 0.15) is 25.7 Å². The van der Waals surface area contributed by atoms with Gasteiger partial charge in [0, 0.05) is 28.3 Å². The summed E-state index contributed by atoms with van der Waals surface area (Å²) in [6, 6.07) is 0. The van der Waals surface area contributed by atoms with E-state index in [0.29, 0.717) is 17.5 Å². The third-order valence-electron chi connectivity index (χ3n) is 3.33. The quantitative estimate of drug-likeness (QED) is 0.713. The normalized spacial score (nSPS) is 41.9. The summed E-state index contributed by atoms with van der Waals surface area (Å²) in [5.41, 5.74) is 5.40. The van der Waals surface area contributed by atoms with Crippen LogP contribution in [-0.2, 0) is 10.8 Å². The first-order chi connectivity index (χ1) is 5.81. The van der Waals surface area contributed by atoms with Gasteiger partial charge in [-0.2, -0.15) is 0 Å². The monoisotopic (exact) mass is 187 g/mol. The van der Waals surface area contributed by atoms with Gasteiger partial charge in [-0.3, -0.25) is 4.21 Å². The molecule has 2 saturated carbocycles. The predicted molar refractivity (Wildman–Crippen MR) is 51.3 cm³/mol. The highest BCUT2D eigenvalue weighted by Gasteiger charge is 2.41. The molecule has 0 aromatic rings. The third kappa shape index (κ3) is 1.44. The van der Waals surface area contributed by atoms with Crippen LogP contribution < -0.4 is 5.73 Å². The summed E-state index contributed by atoms with van der Waals surface area (Å²) in [6.07, 6.45) is 5.28. The molecule has 2 aliphatic rings. The zero-order valence-electron chi connectivity index (χ0n) is 7.37. The van der Waals surface area contributed by atoms with Gasteiger partial charge in [0.1, 0.15) is 0 Å². The molecule has 70 valence electrons. The highest BCUT2D eigenvalue weighted by atomic mass is 32.2.